The molecule has 1 aromatic rings. The van der Waals surface area contributed by atoms with Crippen LogP contribution in [-0.4, -0.2) is 22.7 Å². The first kappa shape index (κ1) is 15.1. The minimum Gasteiger partial charge on any atom is -0.383 e. The van der Waals surface area contributed by atoms with Crippen LogP contribution in [0.5, 0.6) is 0 Å². The van der Waals surface area contributed by atoms with E-state index >= 15 is 0 Å². The molecule has 0 aliphatic heterocycles. The van der Waals surface area contributed by atoms with Crippen LogP contribution in [0.3, 0.4) is 0 Å². The molecule has 0 saturated heterocycles. The Balaban J connectivity index is 1.99. The SMILES string of the molecule is N#Cc1cc(C#N)c(SCC(=O)NC2CCCC2)nc1N. The topological polar surface area (TPSA) is 116 Å². The standard InChI is InChI=1S/C14H15N5OS/c15-6-9-5-10(7-16)14(19-13(9)17)21-8-12(20)18-11-3-1-2-4-11/h5,11H,1-4,8H2,(H2,17,19)(H,18,20). The number of anilines is 1. The van der Waals surface area contributed by atoms with E-state index in [4.69, 9.17) is 16.3 Å². The highest BCUT2D eigenvalue weighted by Gasteiger charge is 2.18. The number of nitriles is 2. The minimum absolute atomic E-state index is 0.0690. The summed E-state index contributed by atoms with van der Waals surface area (Å²) in [5.74, 6) is 0.194. The lowest BCUT2D eigenvalue weighted by atomic mass is 10.2. The van der Waals surface area contributed by atoms with Gasteiger partial charge in [0.1, 0.15) is 23.0 Å². The second kappa shape index (κ2) is 6.96. The number of pyridine rings is 1. The number of hydrogen-bond acceptors (Lipinski definition) is 6. The van der Waals surface area contributed by atoms with Gasteiger partial charge in [-0.05, 0) is 18.9 Å². The normalized spacial score (nSPS) is 14.4. The Kier molecular flexibility index (Phi) is 5.02. The number of nitrogens with two attached hydrogens (primary N) is 1. The van der Waals surface area contributed by atoms with Gasteiger partial charge in [0.15, 0.2) is 0 Å². The molecule has 0 radical (unpaired) electrons. The van der Waals surface area contributed by atoms with Crippen LogP contribution in [0.2, 0.25) is 0 Å². The largest absolute Gasteiger partial charge is 0.383 e. The van der Waals surface area contributed by atoms with E-state index in [0.29, 0.717) is 5.03 Å². The van der Waals surface area contributed by atoms with Crippen molar-refractivity contribution in [2.45, 2.75) is 36.8 Å². The van der Waals surface area contributed by atoms with Crippen LogP contribution < -0.4 is 11.1 Å². The molecule has 0 atom stereocenters. The van der Waals surface area contributed by atoms with Gasteiger partial charge in [-0.2, -0.15) is 10.5 Å². The van der Waals surface area contributed by atoms with Gasteiger partial charge in [0, 0.05) is 6.04 Å². The Morgan fingerprint density at radius 1 is 1.38 bits per heavy atom. The molecule has 0 spiro atoms. The second-order valence-corrected chi connectivity index (χ2v) is 5.80. The van der Waals surface area contributed by atoms with Gasteiger partial charge in [-0.25, -0.2) is 4.98 Å². The van der Waals surface area contributed by atoms with Gasteiger partial charge in [-0.15, -0.1) is 0 Å². The quantitative estimate of drug-likeness (QED) is 0.815. The van der Waals surface area contributed by atoms with Gasteiger partial charge in [0.25, 0.3) is 0 Å². The van der Waals surface area contributed by atoms with Crippen molar-refractivity contribution >= 4 is 23.5 Å². The predicted octanol–water partition coefficient (Wildman–Crippen LogP) is 1.56. The van der Waals surface area contributed by atoms with Crippen LogP contribution in [0, 0.1) is 22.7 Å². The molecule has 108 valence electrons. The van der Waals surface area contributed by atoms with Gasteiger partial charge in [0.05, 0.1) is 16.9 Å². The van der Waals surface area contributed by atoms with Crippen molar-refractivity contribution < 1.29 is 4.79 Å². The number of carbonyl (C=O) groups is 1. The van der Waals surface area contributed by atoms with E-state index in [1.54, 1.807) is 0 Å². The summed E-state index contributed by atoms with van der Waals surface area (Å²) in [5.41, 5.74) is 6.07. The Hall–Kier alpha value is -2.25. The summed E-state index contributed by atoms with van der Waals surface area (Å²) in [6.45, 7) is 0. The number of rotatable bonds is 4. The van der Waals surface area contributed by atoms with Crippen molar-refractivity contribution in [1.29, 1.82) is 10.5 Å². The Labute approximate surface area is 127 Å². The number of amides is 1. The average Bonchev–Trinajstić information content (AvgIpc) is 2.98. The zero-order valence-corrected chi connectivity index (χ0v) is 12.2. The van der Waals surface area contributed by atoms with E-state index in [1.165, 1.54) is 6.07 Å². The zero-order valence-electron chi connectivity index (χ0n) is 11.4. The molecular formula is C14H15N5OS. The smallest absolute Gasteiger partial charge is 0.230 e. The molecule has 0 unspecified atom stereocenters. The number of nitrogens with zero attached hydrogens (tertiary/aromatic N) is 3. The number of hydrogen-bond donors (Lipinski definition) is 2. The number of aromatic nitrogens is 1. The van der Waals surface area contributed by atoms with Gasteiger partial charge >= 0.3 is 0 Å². The summed E-state index contributed by atoms with van der Waals surface area (Å²) in [6.07, 6.45) is 4.37. The fraction of sp³-hybridized carbons (Fsp3) is 0.429. The maximum Gasteiger partial charge on any atom is 0.230 e. The molecule has 6 nitrogen and oxygen atoms in total. The van der Waals surface area contributed by atoms with Crippen LogP contribution in [0.1, 0.15) is 36.8 Å². The highest BCUT2D eigenvalue weighted by Crippen LogP contribution is 2.24. The summed E-state index contributed by atoms with van der Waals surface area (Å²) >= 11 is 1.16. The van der Waals surface area contributed by atoms with Crippen LogP contribution in [0.15, 0.2) is 11.1 Å². The molecule has 0 bridgehead atoms. The van der Waals surface area contributed by atoms with E-state index in [2.05, 4.69) is 10.3 Å². The summed E-state index contributed by atoms with van der Waals surface area (Å²) in [5, 5.41) is 21.3. The van der Waals surface area contributed by atoms with E-state index < -0.39 is 0 Å². The molecule has 7 heteroatoms. The fourth-order valence-electron chi connectivity index (χ4n) is 2.26. The Morgan fingerprint density at radius 3 is 2.67 bits per heavy atom. The van der Waals surface area contributed by atoms with E-state index in [-0.39, 0.29) is 34.6 Å². The zero-order chi connectivity index (χ0) is 15.2. The number of carbonyl (C=O) groups excluding carboxylic acids is 1. The minimum atomic E-state index is -0.0690. The highest BCUT2D eigenvalue weighted by atomic mass is 32.2. The highest BCUT2D eigenvalue weighted by molar-refractivity contribution is 8.00. The summed E-state index contributed by atoms with van der Waals surface area (Å²) < 4.78 is 0. The number of nitrogens with one attached hydrogen (secondary N) is 1. The van der Waals surface area contributed by atoms with E-state index in [9.17, 15) is 4.79 Å². The first-order chi connectivity index (χ1) is 10.1. The average molecular weight is 301 g/mol. The van der Waals surface area contributed by atoms with E-state index in [0.717, 1.165) is 37.4 Å². The molecule has 1 aromatic heterocycles. The van der Waals surface area contributed by atoms with Gasteiger partial charge in [-0.1, -0.05) is 24.6 Å². The first-order valence-electron chi connectivity index (χ1n) is 6.67. The van der Waals surface area contributed by atoms with Crippen molar-refractivity contribution in [1.82, 2.24) is 10.3 Å². The Bertz CT molecular complexity index is 625. The first-order valence-corrected chi connectivity index (χ1v) is 7.65. The van der Waals surface area contributed by atoms with Gasteiger partial charge in [0.2, 0.25) is 5.91 Å². The van der Waals surface area contributed by atoms with Crippen molar-refractivity contribution in [3.8, 4) is 12.1 Å². The maximum absolute atomic E-state index is 11.9. The fourth-order valence-corrected chi connectivity index (χ4v) is 3.04. The van der Waals surface area contributed by atoms with Gasteiger partial charge in [-0.3, -0.25) is 4.79 Å². The van der Waals surface area contributed by atoms with Crippen LogP contribution in [0.25, 0.3) is 0 Å². The molecular weight excluding hydrogens is 286 g/mol. The molecule has 2 rings (SSSR count). The third kappa shape index (κ3) is 3.87. The molecule has 1 fully saturated rings. The Morgan fingerprint density at radius 2 is 2.05 bits per heavy atom. The molecule has 1 aliphatic carbocycles. The number of thioether (sulfide) groups is 1. The monoisotopic (exact) mass is 301 g/mol. The molecule has 1 aliphatic rings. The maximum atomic E-state index is 11.9. The molecule has 1 saturated carbocycles. The van der Waals surface area contributed by atoms with Crippen molar-refractivity contribution in [2.75, 3.05) is 11.5 Å². The van der Waals surface area contributed by atoms with Crippen molar-refractivity contribution in [3.63, 3.8) is 0 Å². The van der Waals surface area contributed by atoms with Crippen LogP contribution in [-0.2, 0) is 4.79 Å². The molecule has 3 N–H and O–H groups in total. The third-order valence-corrected chi connectivity index (χ3v) is 4.31. The van der Waals surface area contributed by atoms with Crippen molar-refractivity contribution in [2.24, 2.45) is 0 Å². The molecule has 21 heavy (non-hydrogen) atoms. The number of nitrogen functional groups attached to an aromatic ring is 1. The van der Waals surface area contributed by atoms with Gasteiger partial charge < -0.3 is 11.1 Å². The predicted molar refractivity (Wildman–Crippen MR) is 79.2 cm³/mol. The summed E-state index contributed by atoms with van der Waals surface area (Å²) in [6, 6.07) is 5.53. The van der Waals surface area contributed by atoms with Crippen LogP contribution >= 0.6 is 11.8 Å². The lowest BCUT2D eigenvalue weighted by Gasteiger charge is -2.11. The second-order valence-electron chi connectivity index (χ2n) is 4.84. The lowest BCUT2D eigenvalue weighted by Crippen LogP contribution is -2.33. The molecule has 1 amide bonds. The summed E-state index contributed by atoms with van der Waals surface area (Å²) in [4.78, 5) is 15.9. The molecule has 1 heterocycles. The molecule has 0 aromatic carbocycles. The lowest BCUT2D eigenvalue weighted by molar-refractivity contribution is -0.119. The van der Waals surface area contributed by atoms with Crippen molar-refractivity contribution in [3.05, 3.63) is 17.2 Å². The third-order valence-electron chi connectivity index (χ3n) is 3.32. The van der Waals surface area contributed by atoms with E-state index in [1.807, 2.05) is 12.1 Å². The summed E-state index contributed by atoms with van der Waals surface area (Å²) in [7, 11) is 0. The van der Waals surface area contributed by atoms with Crippen LogP contribution in [0.4, 0.5) is 5.82 Å².